The van der Waals surface area contributed by atoms with Crippen LogP contribution in [0.5, 0.6) is 0 Å². The molecular weight excluding hydrogens is 628 g/mol. The monoisotopic (exact) mass is 640 g/mol. The molecule has 0 radical (unpaired) electrons. The van der Waals surface area contributed by atoms with Crippen LogP contribution in [0.3, 0.4) is 0 Å². The van der Waals surface area contributed by atoms with Crippen LogP contribution >= 0.6 is 95.6 Å². The van der Waals surface area contributed by atoms with Gasteiger partial charge in [0, 0.05) is 21.6 Å². The van der Waals surface area contributed by atoms with E-state index in [4.69, 9.17) is 4.74 Å². The van der Waals surface area contributed by atoms with Crippen LogP contribution in [-0.4, -0.2) is 36.8 Å². The highest BCUT2D eigenvalue weighted by atomic mass is 79.9. The Morgan fingerprint density at radius 2 is 1.50 bits per heavy atom. The summed E-state index contributed by atoms with van der Waals surface area (Å²) in [6.45, 7) is 1.52. The third kappa shape index (κ3) is 12.6. The number of halogens is 6. The number of rotatable bonds is 11. The lowest BCUT2D eigenvalue weighted by Gasteiger charge is -2.17. The van der Waals surface area contributed by atoms with Crippen molar-refractivity contribution in [3.05, 3.63) is 0 Å². The summed E-state index contributed by atoms with van der Waals surface area (Å²) < 4.78 is 5.97. The Hall–Kier alpha value is 2.84. The largest absolute Gasteiger partial charge is 0.380 e. The molecular formula is C11H18Br6O. The highest BCUT2D eigenvalue weighted by molar-refractivity contribution is 9.24. The molecule has 0 aromatic heterocycles. The maximum absolute atomic E-state index is 5.62. The van der Waals surface area contributed by atoms with Crippen molar-refractivity contribution in [1.82, 2.24) is 0 Å². The lowest BCUT2D eigenvalue weighted by molar-refractivity contribution is 0.136. The molecule has 110 valence electrons. The lowest BCUT2D eigenvalue weighted by atomic mass is 10.1. The molecule has 0 aromatic rings. The zero-order chi connectivity index (χ0) is 14.0. The summed E-state index contributed by atoms with van der Waals surface area (Å²) in [5.41, 5.74) is 0. The maximum Gasteiger partial charge on any atom is 0.0719 e. The standard InChI is InChI=1S/C11H18Br6O/c12-6-8(13)2-1-3-9(14)10(15)7-18-5-4-11(16)17/h8-11H,1-7H2. The van der Waals surface area contributed by atoms with Gasteiger partial charge in [0.2, 0.25) is 0 Å². The predicted octanol–water partition coefficient (Wildman–Crippen LogP) is 6.36. The van der Waals surface area contributed by atoms with E-state index in [2.05, 4.69) is 95.6 Å². The molecule has 0 aliphatic rings. The van der Waals surface area contributed by atoms with Crippen molar-refractivity contribution in [2.45, 2.75) is 43.9 Å². The van der Waals surface area contributed by atoms with E-state index in [0.29, 0.717) is 18.2 Å². The maximum atomic E-state index is 5.62. The van der Waals surface area contributed by atoms with Crippen LogP contribution in [0.4, 0.5) is 0 Å². The Labute approximate surface area is 161 Å². The molecule has 1 nitrogen and oxygen atoms in total. The molecule has 3 atom stereocenters. The molecule has 7 heteroatoms. The van der Waals surface area contributed by atoms with Gasteiger partial charge in [-0.05, 0) is 19.3 Å². The predicted molar refractivity (Wildman–Crippen MR) is 103 cm³/mol. The Morgan fingerprint density at radius 1 is 0.833 bits per heavy atom. The summed E-state index contributed by atoms with van der Waals surface area (Å²) in [6, 6.07) is 0. The van der Waals surface area contributed by atoms with Gasteiger partial charge in [0.15, 0.2) is 0 Å². The Balaban J connectivity index is 3.53. The summed E-state index contributed by atoms with van der Waals surface area (Å²) in [7, 11) is 0. The first-order valence-corrected chi connectivity index (χ1v) is 11.5. The van der Waals surface area contributed by atoms with Gasteiger partial charge >= 0.3 is 0 Å². The molecule has 0 aliphatic heterocycles. The molecule has 3 unspecified atom stereocenters. The molecule has 0 saturated carbocycles. The molecule has 0 heterocycles. The van der Waals surface area contributed by atoms with Crippen LogP contribution in [0.2, 0.25) is 0 Å². The first-order chi connectivity index (χ1) is 8.47. The van der Waals surface area contributed by atoms with Crippen molar-refractivity contribution in [3.63, 3.8) is 0 Å². The smallest absolute Gasteiger partial charge is 0.0719 e. The van der Waals surface area contributed by atoms with Crippen molar-refractivity contribution < 1.29 is 4.74 Å². The summed E-state index contributed by atoms with van der Waals surface area (Å²) in [4.78, 5) is 1.42. The Morgan fingerprint density at radius 3 is 2.06 bits per heavy atom. The van der Waals surface area contributed by atoms with E-state index in [-0.39, 0.29) is 0 Å². The van der Waals surface area contributed by atoms with Gasteiger partial charge < -0.3 is 4.74 Å². The first kappa shape index (κ1) is 20.8. The zero-order valence-electron chi connectivity index (χ0n) is 9.94. The van der Waals surface area contributed by atoms with Crippen LogP contribution in [0, 0.1) is 0 Å². The lowest BCUT2D eigenvalue weighted by Crippen LogP contribution is -2.21. The minimum atomic E-state index is 0.346. The quantitative estimate of drug-likeness (QED) is 0.188. The molecule has 18 heavy (non-hydrogen) atoms. The van der Waals surface area contributed by atoms with Gasteiger partial charge in [0.25, 0.3) is 0 Å². The molecule has 0 aliphatic carbocycles. The normalized spacial score (nSPS) is 16.8. The summed E-state index contributed by atoms with van der Waals surface area (Å²) in [5.74, 6) is 0. The van der Waals surface area contributed by atoms with Gasteiger partial charge in [0.05, 0.1) is 15.2 Å². The Kier molecular flexibility index (Phi) is 15.6. The van der Waals surface area contributed by atoms with E-state index in [9.17, 15) is 0 Å². The van der Waals surface area contributed by atoms with Crippen molar-refractivity contribution in [3.8, 4) is 0 Å². The summed E-state index contributed by atoms with van der Waals surface area (Å²) in [6.07, 6.45) is 4.55. The van der Waals surface area contributed by atoms with Crippen LogP contribution in [0.1, 0.15) is 25.7 Å². The van der Waals surface area contributed by atoms with Gasteiger partial charge in [-0.25, -0.2) is 0 Å². The second-order valence-electron chi connectivity index (χ2n) is 3.97. The SMILES string of the molecule is BrCC(Br)CCCC(Br)C(Br)COCCC(Br)Br. The molecule has 0 amide bonds. The van der Waals surface area contributed by atoms with E-state index in [1.165, 1.54) is 12.8 Å². The molecule has 0 N–H and O–H groups in total. The molecule has 0 bridgehead atoms. The van der Waals surface area contributed by atoms with Crippen LogP contribution in [-0.2, 0) is 4.74 Å². The van der Waals surface area contributed by atoms with Crippen LogP contribution in [0.25, 0.3) is 0 Å². The second kappa shape index (κ2) is 13.5. The van der Waals surface area contributed by atoms with E-state index in [0.717, 1.165) is 31.4 Å². The van der Waals surface area contributed by atoms with Crippen LogP contribution < -0.4 is 0 Å². The van der Waals surface area contributed by atoms with E-state index in [1.807, 2.05) is 0 Å². The van der Waals surface area contributed by atoms with Gasteiger partial charge in [-0.3, -0.25) is 0 Å². The highest BCUT2D eigenvalue weighted by Crippen LogP contribution is 2.23. The molecule has 0 aromatic carbocycles. The third-order valence-electron chi connectivity index (χ3n) is 2.31. The summed E-state index contributed by atoms with van der Waals surface area (Å²) in [5, 5.41) is 1.01. The second-order valence-corrected chi connectivity index (χ2v) is 11.7. The number of alkyl halides is 6. The third-order valence-corrected chi connectivity index (χ3v) is 8.37. The number of ether oxygens (including phenoxy) is 1. The molecule has 0 fully saturated rings. The van der Waals surface area contributed by atoms with Crippen molar-refractivity contribution in [2.24, 2.45) is 0 Å². The minimum absolute atomic E-state index is 0.346. The van der Waals surface area contributed by atoms with Crippen molar-refractivity contribution in [1.29, 1.82) is 0 Å². The average molecular weight is 646 g/mol. The zero-order valence-corrected chi connectivity index (χ0v) is 19.5. The number of hydrogen-bond donors (Lipinski definition) is 0. The molecule has 0 spiro atoms. The highest BCUT2D eigenvalue weighted by Gasteiger charge is 2.16. The molecule has 0 rings (SSSR count). The summed E-state index contributed by atoms with van der Waals surface area (Å²) >= 11 is 21.4. The van der Waals surface area contributed by atoms with Crippen LogP contribution in [0.15, 0.2) is 0 Å². The van der Waals surface area contributed by atoms with Gasteiger partial charge in [0.1, 0.15) is 0 Å². The topological polar surface area (TPSA) is 9.23 Å². The van der Waals surface area contributed by atoms with Gasteiger partial charge in [-0.1, -0.05) is 102 Å². The van der Waals surface area contributed by atoms with Gasteiger partial charge in [-0.2, -0.15) is 0 Å². The van der Waals surface area contributed by atoms with E-state index < -0.39 is 0 Å². The van der Waals surface area contributed by atoms with Crippen molar-refractivity contribution in [2.75, 3.05) is 18.5 Å². The fraction of sp³-hybridized carbons (Fsp3) is 1.00. The van der Waals surface area contributed by atoms with Crippen molar-refractivity contribution >= 4 is 95.6 Å². The first-order valence-electron chi connectivity index (χ1n) is 5.81. The number of hydrogen-bond acceptors (Lipinski definition) is 1. The van der Waals surface area contributed by atoms with Gasteiger partial charge in [-0.15, -0.1) is 0 Å². The Bertz CT molecular complexity index is 192. The minimum Gasteiger partial charge on any atom is -0.380 e. The van der Waals surface area contributed by atoms with E-state index in [1.54, 1.807) is 0 Å². The average Bonchev–Trinajstić information content (AvgIpc) is 2.33. The fourth-order valence-electron chi connectivity index (χ4n) is 1.27. The fourth-order valence-corrected chi connectivity index (χ4v) is 3.21. The van der Waals surface area contributed by atoms with E-state index >= 15 is 0 Å². The molecule has 0 saturated heterocycles.